The lowest BCUT2D eigenvalue weighted by Crippen LogP contribution is -1.86. The first-order valence-corrected chi connectivity index (χ1v) is 5.17. The van der Waals surface area contributed by atoms with Crippen molar-refractivity contribution in [1.29, 1.82) is 0 Å². The van der Waals surface area contributed by atoms with Crippen LogP contribution in [0.1, 0.15) is 39.5 Å². The van der Waals surface area contributed by atoms with Crippen molar-refractivity contribution < 1.29 is 11.6 Å². The second-order valence-corrected chi connectivity index (χ2v) is 3.53. The van der Waals surface area contributed by atoms with Gasteiger partial charge in [-0.2, -0.15) is 0 Å². The van der Waals surface area contributed by atoms with Crippen LogP contribution < -0.4 is 0 Å². The molecule has 1 aromatic carbocycles. The Hall–Kier alpha value is -1.18. The van der Waals surface area contributed by atoms with Crippen LogP contribution in [0.3, 0.4) is 0 Å². The van der Waals surface area contributed by atoms with Gasteiger partial charge in [0.25, 0.3) is 0 Å². The molecule has 2 nitrogen and oxygen atoms in total. The molecule has 0 saturated carbocycles. The predicted molar refractivity (Wildman–Crippen MR) is 57.6 cm³/mol. The van der Waals surface area contributed by atoms with Gasteiger partial charge in [-0.1, -0.05) is 32.3 Å². The molecule has 0 saturated heterocycles. The largest absolute Gasteiger partial charge is 0.508 e. The summed E-state index contributed by atoms with van der Waals surface area (Å²) in [7, 11) is 0. The van der Waals surface area contributed by atoms with Gasteiger partial charge >= 0.3 is 0 Å². The van der Waals surface area contributed by atoms with E-state index in [1.807, 2.05) is 0 Å². The number of unbranched alkanes of at least 4 members (excludes halogenated alkanes) is 3. The second kappa shape index (κ2) is 5.53. The summed E-state index contributed by atoms with van der Waals surface area (Å²) in [5.41, 5.74) is 0.758. The number of hydrogen-bond acceptors (Lipinski definition) is 2. The normalized spacial score (nSPS) is 11.4. The van der Waals surface area contributed by atoms with Crippen LogP contribution in [0.25, 0.3) is 0 Å². The highest BCUT2D eigenvalue weighted by molar-refractivity contribution is 5.38. The van der Waals surface area contributed by atoms with Crippen molar-refractivity contribution in [3.05, 3.63) is 23.7 Å². The molecule has 0 unspecified atom stereocenters. The molecule has 2 heteroatoms. The van der Waals surface area contributed by atoms with Crippen molar-refractivity contribution in [1.82, 2.24) is 0 Å². The van der Waals surface area contributed by atoms with Gasteiger partial charge in [0.05, 0.1) is 1.37 Å². The lowest BCUT2D eigenvalue weighted by atomic mass is 10.1. The first kappa shape index (κ1) is 9.38. The number of phenols is 2. The van der Waals surface area contributed by atoms with E-state index in [1.54, 1.807) is 6.07 Å². The maximum absolute atomic E-state index is 9.59. The van der Waals surface area contributed by atoms with E-state index in [0.717, 1.165) is 24.8 Å². The highest BCUT2D eigenvalue weighted by Gasteiger charge is 2.01. The first-order valence-electron chi connectivity index (χ1n) is 5.67. The molecule has 0 aromatic heterocycles. The molecule has 2 N–H and O–H groups in total. The van der Waals surface area contributed by atoms with Crippen LogP contribution in [0, 0.1) is 0 Å². The third kappa shape index (κ3) is 3.29. The lowest BCUT2D eigenvalue weighted by molar-refractivity contribution is 0.445. The number of aromatic hydroxyl groups is 2. The van der Waals surface area contributed by atoms with E-state index in [-0.39, 0.29) is 17.5 Å². The quantitative estimate of drug-likeness (QED) is 0.708. The zero-order valence-electron chi connectivity index (χ0n) is 9.58. The van der Waals surface area contributed by atoms with Crippen LogP contribution >= 0.6 is 0 Å². The summed E-state index contributed by atoms with van der Waals surface area (Å²) in [5, 5.41) is 18.8. The van der Waals surface area contributed by atoms with Crippen molar-refractivity contribution >= 4 is 0 Å². The molecule has 0 fully saturated rings. The average Bonchev–Trinajstić information content (AvgIpc) is 2.24. The van der Waals surface area contributed by atoms with E-state index in [4.69, 9.17) is 1.37 Å². The fraction of sp³-hybridized carbons (Fsp3) is 0.500. The smallest absolute Gasteiger partial charge is 0.122 e. The summed E-state index contributed by atoms with van der Waals surface area (Å²) < 4.78 is 7.40. The van der Waals surface area contributed by atoms with Gasteiger partial charge in [-0.05, 0) is 24.5 Å². The number of hydrogen-bond donors (Lipinski definition) is 2. The third-order valence-electron chi connectivity index (χ3n) is 2.29. The zero-order chi connectivity index (χ0) is 11.3. The highest BCUT2D eigenvalue weighted by atomic mass is 16.3. The van der Waals surface area contributed by atoms with Gasteiger partial charge in [-0.25, -0.2) is 0 Å². The summed E-state index contributed by atoms with van der Waals surface area (Å²) in [6.07, 6.45) is 5.32. The summed E-state index contributed by atoms with van der Waals surface area (Å²) in [4.78, 5) is 0. The lowest BCUT2D eigenvalue weighted by Gasteiger charge is -2.04. The minimum absolute atomic E-state index is 0.0773. The van der Waals surface area contributed by atoms with Crippen molar-refractivity contribution in [2.24, 2.45) is 0 Å². The van der Waals surface area contributed by atoms with Gasteiger partial charge in [0.1, 0.15) is 11.5 Å². The molecule has 78 valence electrons. The van der Waals surface area contributed by atoms with Crippen LogP contribution in [0.4, 0.5) is 0 Å². The van der Waals surface area contributed by atoms with Crippen molar-refractivity contribution in [3.63, 3.8) is 0 Å². The van der Waals surface area contributed by atoms with Crippen LogP contribution in [0.5, 0.6) is 11.5 Å². The van der Waals surface area contributed by atoms with Crippen LogP contribution in [0.15, 0.2) is 18.2 Å². The SMILES string of the molecule is [2H]c1c(O)ccc(CCCCCC)c1O. The zero-order valence-corrected chi connectivity index (χ0v) is 8.58. The molecule has 0 radical (unpaired) electrons. The van der Waals surface area contributed by atoms with E-state index in [1.165, 1.54) is 18.9 Å². The Labute approximate surface area is 86.6 Å². The molecule has 0 amide bonds. The molecular weight excluding hydrogens is 176 g/mol. The first-order chi connectivity index (χ1) is 7.16. The second-order valence-electron chi connectivity index (χ2n) is 3.53. The molecule has 1 rings (SSSR count). The Morgan fingerprint density at radius 2 is 2.00 bits per heavy atom. The van der Waals surface area contributed by atoms with Gasteiger partial charge in [-0.15, -0.1) is 0 Å². The van der Waals surface area contributed by atoms with Gasteiger partial charge in [0, 0.05) is 6.04 Å². The number of aryl methyl sites for hydroxylation is 1. The predicted octanol–water partition coefficient (Wildman–Crippen LogP) is 3.22. The standard InChI is InChI=1S/C12H18O2/c1-2-3-4-5-6-10-7-8-11(13)9-12(10)14/h7-9,13-14H,2-6H2,1H3/i9D. The molecule has 14 heavy (non-hydrogen) atoms. The Morgan fingerprint density at radius 1 is 1.21 bits per heavy atom. The molecule has 0 aliphatic rings. The summed E-state index contributed by atoms with van der Waals surface area (Å²) in [6.45, 7) is 2.15. The highest BCUT2D eigenvalue weighted by Crippen LogP contribution is 2.24. The van der Waals surface area contributed by atoms with E-state index in [9.17, 15) is 10.2 Å². The van der Waals surface area contributed by atoms with Crippen LogP contribution in [-0.2, 0) is 6.42 Å². The molecule has 0 bridgehead atoms. The number of phenolic OH excluding ortho intramolecular Hbond substituents is 2. The summed E-state index contributed by atoms with van der Waals surface area (Å²) >= 11 is 0. The van der Waals surface area contributed by atoms with E-state index in [0.29, 0.717) is 0 Å². The number of rotatable bonds is 5. The Kier molecular flexibility index (Phi) is 3.70. The minimum atomic E-state index is -0.164. The molecule has 1 aromatic rings. The van der Waals surface area contributed by atoms with E-state index < -0.39 is 0 Å². The van der Waals surface area contributed by atoms with Gasteiger partial charge in [0.15, 0.2) is 0 Å². The Bertz CT molecular complexity index is 324. The fourth-order valence-corrected chi connectivity index (χ4v) is 1.45. The topological polar surface area (TPSA) is 40.5 Å². The summed E-state index contributed by atoms with van der Waals surface area (Å²) in [5.74, 6) is -0.240. The van der Waals surface area contributed by atoms with Gasteiger partial charge in [0.2, 0.25) is 0 Å². The molecule has 0 atom stereocenters. The Morgan fingerprint density at radius 3 is 2.71 bits per heavy atom. The van der Waals surface area contributed by atoms with Crippen molar-refractivity contribution in [3.8, 4) is 11.5 Å². The maximum atomic E-state index is 9.59. The molecule has 0 aliphatic heterocycles. The van der Waals surface area contributed by atoms with Gasteiger partial charge < -0.3 is 10.2 Å². The monoisotopic (exact) mass is 195 g/mol. The molecule has 0 aliphatic carbocycles. The molecule has 0 spiro atoms. The van der Waals surface area contributed by atoms with Crippen LogP contribution in [0.2, 0.25) is 0 Å². The molecular formula is C12H18O2. The van der Waals surface area contributed by atoms with E-state index in [2.05, 4.69) is 6.92 Å². The van der Waals surface area contributed by atoms with Crippen molar-refractivity contribution in [2.45, 2.75) is 39.0 Å². The summed E-state index contributed by atoms with van der Waals surface area (Å²) in [6, 6.07) is 2.99. The Balaban J connectivity index is 2.58. The molecule has 0 heterocycles. The fourth-order valence-electron chi connectivity index (χ4n) is 1.45. The third-order valence-corrected chi connectivity index (χ3v) is 2.29. The average molecular weight is 195 g/mol. The number of benzene rings is 1. The van der Waals surface area contributed by atoms with E-state index >= 15 is 0 Å². The minimum Gasteiger partial charge on any atom is -0.508 e. The van der Waals surface area contributed by atoms with Crippen molar-refractivity contribution in [2.75, 3.05) is 0 Å². The maximum Gasteiger partial charge on any atom is 0.122 e. The van der Waals surface area contributed by atoms with Gasteiger partial charge in [-0.3, -0.25) is 0 Å². The van der Waals surface area contributed by atoms with Crippen LogP contribution in [-0.4, -0.2) is 10.2 Å².